The Morgan fingerprint density at radius 2 is 2.05 bits per heavy atom. The Hall–Kier alpha value is -1.62. The number of ether oxygens (including phenoxy) is 1. The van der Waals surface area contributed by atoms with E-state index in [1.807, 2.05) is 13.8 Å². The van der Waals surface area contributed by atoms with Gasteiger partial charge in [0.05, 0.1) is 25.7 Å². The molecule has 20 heavy (non-hydrogen) atoms. The number of carbonyl (C=O) groups is 1. The summed E-state index contributed by atoms with van der Waals surface area (Å²) in [7, 11) is 1.40. The second kappa shape index (κ2) is 7.24. The zero-order valence-electron chi connectivity index (χ0n) is 12.3. The van der Waals surface area contributed by atoms with Crippen LogP contribution in [0.3, 0.4) is 0 Å². The molecule has 0 fully saturated rings. The summed E-state index contributed by atoms with van der Waals surface area (Å²) in [5.41, 5.74) is 0.649. The Morgan fingerprint density at radius 1 is 1.40 bits per heavy atom. The molecule has 2 unspecified atom stereocenters. The van der Waals surface area contributed by atoms with Gasteiger partial charge in [-0.2, -0.15) is 0 Å². The SMILES string of the molecule is COc1ccc(C(C)NC(=O)CC(O)C(C)C)cc1F. The molecule has 0 saturated heterocycles. The van der Waals surface area contributed by atoms with Gasteiger partial charge >= 0.3 is 0 Å². The molecular weight excluding hydrogens is 261 g/mol. The summed E-state index contributed by atoms with van der Waals surface area (Å²) in [5.74, 6) is -0.528. The van der Waals surface area contributed by atoms with Crippen LogP contribution in [0.4, 0.5) is 4.39 Å². The molecule has 0 bridgehead atoms. The van der Waals surface area contributed by atoms with Crippen LogP contribution in [-0.2, 0) is 4.79 Å². The molecule has 1 aromatic rings. The van der Waals surface area contributed by atoms with E-state index in [2.05, 4.69) is 5.32 Å². The number of aliphatic hydroxyl groups excluding tert-OH is 1. The van der Waals surface area contributed by atoms with Crippen molar-refractivity contribution in [1.29, 1.82) is 0 Å². The number of hydrogen-bond acceptors (Lipinski definition) is 3. The average Bonchev–Trinajstić information content (AvgIpc) is 2.38. The number of benzene rings is 1. The highest BCUT2D eigenvalue weighted by atomic mass is 19.1. The van der Waals surface area contributed by atoms with Gasteiger partial charge < -0.3 is 15.2 Å². The van der Waals surface area contributed by atoms with Crippen molar-refractivity contribution in [3.8, 4) is 5.75 Å². The number of carbonyl (C=O) groups excluding carboxylic acids is 1. The van der Waals surface area contributed by atoms with E-state index in [0.29, 0.717) is 5.56 Å². The minimum Gasteiger partial charge on any atom is -0.494 e. The van der Waals surface area contributed by atoms with Gasteiger partial charge in [0.1, 0.15) is 0 Å². The molecule has 2 N–H and O–H groups in total. The minimum atomic E-state index is -0.671. The molecule has 0 spiro atoms. The van der Waals surface area contributed by atoms with E-state index in [9.17, 15) is 14.3 Å². The van der Waals surface area contributed by atoms with Crippen LogP contribution < -0.4 is 10.1 Å². The fourth-order valence-electron chi connectivity index (χ4n) is 1.76. The van der Waals surface area contributed by atoms with Crippen LogP contribution in [0.2, 0.25) is 0 Å². The van der Waals surface area contributed by atoms with Crippen LogP contribution in [0.5, 0.6) is 5.75 Å². The smallest absolute Gasteiger partial charge is 0.223 e. The van der Waals surface area contributed by atoms with Gasteiger partial charge in [-0.05, 0) is 30.5 Å². The van der Waals surface area contributed by atoms with E-state index in [1.54, 1.807) is 13.0 Å². The Morgan fingerprint density at radius 3 is 2.55 bits per heavy atom. The van der Waals surface area contributed by atoms with Crippen molar-refractivity contribution in [2.75, 3.05) is 7.11 Å². The lowest BCUT2D eigenvalue weighted by Gasteiger charge is -2.18. The second-order valence-electron chi connectivity index (χ2n) is 5.20. The quantitative estimate of drug-likeness (QED) is 0.843. The molecule has 0 aliphatic heterocycles. The Labute approximate surface area is 119 Å². The molecule has 0 saturated carbocycles. The van der Waals surface area contributed by atoms with Gasteiger partial charge in [-0.25, -0.2) is 4.39 Å². The summed E-state index contributed by atoms with van der Waals surface area (Å²) < 4.78 is 18.4. The summed E-state index contributed by atoms with van der Waals surface area (Å²) >= 11 is 0. The van der Waals surface area contributed by atoms with Gasteiger partial charge in [0.25, 0.3) is 0 Å². The summed E-state index contributed by atoms with van der Waals surface area (Å²) in [4.78, 5) is 11.8. The van der Waals surface area contributed by atoms with Crippen molar-refractivity contribution in [2.24, 2.45) is 5.92 Å². The first kappa shape index (κ1) is 16.4. The van der Waals surface area contributed by atoms with Crippen LogP contribution in [0, 0.1) is 11.7 Å². The zero-order valence-corrected chi connectivity index (χ0v) is 12.3. The maximum absolute atomic E-state index is 13.6. The molecule has 4 nitrogen and oxygen atoms in total. The van der Waals surface area contributed by atoms with Crippen LogP contribution >= 0.6 is 0 Å². The molecule has 1 rings (SSSR count). The fraction of sp³-hybridized carbons (Fsp3) is 0.533. The molecular formula is C15H22FNO3. The van der Waals surface area contributed by atoms with Crippen LogP contribution in [-0.4, -0.2) is 24.2 Å². The first-order chi connectivity index (χ1) is 9.35. The van der Waals surface area contributed by atoms with E-state index in [0.717, 1.165) is 0 Å². The number of halogens is 1. The number of methoxy groups -OCH3 is 1. The lowest BCUT2D eigenvalue weighted by atomic mass is 10.0. The highest BCUT2D eigenvalue weighted by Crippen LogP contribution is 2.21. The lowest BCUT2D eigenvalue weighted by Crippen LogP contribution is -2.31. The van der Waals surface area contributed by atoms with E-state index in [1.165, 1.54) is 19.2 Å². The summed E-state index contributed by atoms with van der Waals surface area (Å²) in [5, 5.41) is 12.4. The van der Waals surface area contributed by atoms with Gasteiger partial charge in [0, 0.05) is 0 Å². The summed E-state index contributed by atoms with van der Waals surface area (Å²) in [6.45, 7) is 5.46. The molecule has 1 aromatic carbocycles. The molecule has 0 aliphatic carbocycles. The topological polar surface area (TPSA) is 58.6 Å². The summed E-state index contributed by atoms with van der Waals surface area (Å²) in [6.07, 6.45) is -0.629. The van der Waals surface area contributed by atoms with Gasteiger partial charge in [-0.15, -0.1) is 0 Å². The molecule has 1 amide bonds. The van der Waals surface area contributed by atoms with Crippen molar-refractivity contribution in [1.82, 2.24) is 5.32 Å². The lowest BCUT2D eigenvalue weighted by molar-refractivity contribution is -0.124. The van der Waals surface area contributed by atoms with E-state index in [4.69, 9.17) is 4.74 Å². The average molecular weight is 283 g/mol. The maximum Gasteiger partial charge on any atom is 0.223 e. The van der Waals surface area contributed by atoms with Crippen molar-refractivity contribution in [2.45, 2.75) is 39.3 Å². The van der Waals surface area contributed by atoms with Crippen molar-refractivity contribution < 1.29 is 19.0 Å². The highest BCUT2D eigenvalue weighted by molar-refractivity contribution is 5.76. The number of hydrogen-bond donors (Lipinski definition) is 2. The van der Waals surface area contributed by atoms with Gasteiger partial charge in [0.2, 0.25) is 5.91 Å². The zero-order chi connectivity index (χ0) is 15.3. The Balaban J connectivity index is 2.64. The second-order valence-corrected chi connectivity index (χ2v) is 5.20. The molecule has 112 valence electrons. The Bertz CT molecular complexity index is 462. The third-order valence-electron chi connectivity index (χ3n) is 3.22. The normalized spacial score (nSPS) is 13.9. The number of nitrogens with one attached hydrogen (secondary N) is 1. The predicted molar refractivity (Wildman–Crippen MR) is 75.0 cm³/mol. The van der Waals surface area contributed by atoms with E-state index >= 15 is 0 Å². The molecule has 0 aromatic heterocycles. The van der Waals surface area contributed by atoms with E-state index < -0.39 is 11.9 Å². The monoisotopic (exact) mass is 283 g/mol. The van der Waals surface area contributed by atoms with Crippen molar-refractivity contribution in [3.05, 3.63) is 29.6 Å². The number of amides is 1. The first-order valence-electron chi connectivity index (χ1n) is 6.66. The first-order valence-corrected chi connectivity index (χ1v) is 6.66. The fourth-order valence-corrected chi connectivity index (χ4v) is 1.76. The van der Waals surface area contributed by atoms with Gasteiger partial charge in [-0.3, -0.25) is 4.79 Å². The van der Waals surface area contributed by atoms with Crippen LogP contribution in [0.1, 0.15) is 38.8 Å². The summed E-state index contributed by atoms with van der Waals surface area (Å²) in [6, 6.07) is 4.23. The Kier molecular flexibility index (Phi) is 5.95. The minimum absolute atomic E-state index is 0.0227. The van der Waals surface area contributed by atoms with Gasteiger partial charge in [0.15, 0.2) is 11.6 Å². The predicted octanol–water partition coefficient (Wildman–Crippen LogP) is 2.42. The van der Waals surface area contributed by atoms with E-state index in [-0.39, 0.29) is 30.0 Å². The van der Waals surface area contributed by atoms with Crippen LogP contribution in [0.25, 0.3) is 0 Å². The third-order valence-corrected chi connectivity index (χ3v) is 3.22. The standard InChI is InChI=1S/C15H22FNO3/c1-9(2)13(18)8-15(19)17-10(3)11-5-6-14(20-4)12(16)7-11/h5-7,9-10,13,18H,8H2,1-4H3,(H,17,19). The molecule has 5 heteroatoms. The third kappa shape index (κ3) is 4.49. The highest BCUT2D eigenvalue weighted by Gasteiger charge is 2.17. The molecule has 2 atom stereocenters. The molecule has 0 heterocycles. The van der Waals surface area contributed by atoms with Crippen molar-refractivity contribution in [3.63, 3.8) is 0 Å². The molecule has 0 radical (unpaired) electrons. The van der Waals surface area contributed by atoms with Crippen molar-refractivity contribution >= 4 is 5.91 Å². The molecule has 0 aliphatic rings. The number of rotatable bonds is 6. The maximum atomic E-state index is 13.6. The number of aliphatic hydroxyl groups is 1. The van der Waals surface area contributed by atoms with Crippen LogP contribution in [0.15, 0.2) is 18.2 Å². The van der Waals surface area contributed by atoms with Gasteiger partial charge in [-0.1, -0.05) is 19.9 Å². The largest absolute Gasteiger partial charge is 0.494 e.